The van der Waals surface area contributed by atoms with E-state index < -0.39 is 0 Å². The normalized spacial score (nSPS) is 20.4. The summed E-state index contributed by atoms with van der Waals surface area (Å²) in [4.78, 5) is 14.3. The molecule has 2 rings (SSSR count). The number of aryl methyl sites for hydroxylation is 1. The van der Waals surface area contributed by atoms with Crippen LogP contribution in [0.25, 0.3) is 0 Å². The van der Waals surface area contributed by atoms with Crippen LogP contribution in [0.3, 0.4) is 0 Å². The first-order chi connectivity index (χ1) is 8.09. The highest BCUT2D eigenvalue weighted by atomic mass is 127. The maximum absolute atomic E-state index is 12.4. The minimum atomic E-state index is 0.150. The quantitative estimate of drug-likeness (QED) is 0.791. The summed E-state index contributed by atoms with van der Waals surface area (Å²) >= 11 is 2.28. The van der Waals surface area contributed by atoms with E-state index in [0.717, 1.165) is 28.8 Å². The topological polar surface area (TPSA) is 32.3 Å². The Bertz CT molecular complexity index is 433. The van der Waals surface area contributed by atoms with Crippen molar-refractivity contribution in [1.82, 2.24) is 10.2 Å². The Kier molecular flexibility index (Phi) is 4.04. The molecule has 0 radical (unpaired) electrons. The maximum Gasteiger partial charge on any atom is 0.254 e. The monoisotopic (exact) mass is 344 g/mol. The van der Waals surface area contributed by atoms with Crippen molar-refractivity contribution in [3.05, 3.63) is 32.9 Å². The Morgan fingerprint density at radius 2 is 2.29 bits per heavy atom. The predicted molar refractivity (Wildman–Crippen MR) is 77.3 cm³/mol. The molecule has 1 aromatic carbocycles. The summed E-state index contributed by atoms with van der Waals surface area (Å²) in [5, 5.41) is 3.30. The lowest BCUT2D eigenvalue weighted by atomic mass is 10.1. The summed E-state index contributed by atoms with van der Waals surface area (Å²) in [7, 11) is 0. The zero-order valence-electron chi connectivity index (χ0n) is 10.2. The standard InChI is InChI=1S/C13H17IN2O/c1-9-3-4-11(7-12(9)14)13(17)16-6-5-15-8-10(16)2/h3-4,7,10,15H,5-6,8H2,1-2H3. The summed E-state index contributed by atoms with van der Waals surface area (Å²) in [6.45, 7) is 6.71. The van der Waals surface area contributed by atoms with E-state index in [1.807, 2.05) is 23.1 Å². The highest BCUT2D eigenvalue weighted by Crippen LogP contribution is 2.16. The lowest BCUT2D eigenvalue weighted by molar-refractivity contribution is 0.0655. The van der Waals surface area contributed by atoms with Crippen molar-refractivity contribution in [1.29, 1.82) is 0 Å². The number of halogens is 1. The van der Waals surface area contributed by atoms with Crippen LogP contribution >= 0.6 is 22.6 Å². The van der Waals surface area contributed by atoms with Crippen molar-refractivity contribution in [2.45, 2.75) is 19.9 Å². The number of hydrogen-bond acceptors (Lipinski definition) is 2. The number of rotatable bonds is 1. The molecular formula is C13H17IN2O. The van der Waals surface area contributed by atoms with Gasteiger partial charge in [0.25, 0.3) is 5.91 Å². The fraction of sp³-hybridized carbons (Fsp3) is 0.462. The maximum atomic E-state index is 12.4. The molecule has 92 valence electrons. The number of carbonyl (C=O) groups is 1. The first-order valence-corrected chi connectivity index (χ1v) is 6.95. The SMILES string of the molecule is Cc1ccc(C(=O)N2CCNCC2C)cc1I. The van der Waals surface area contributed by atoms with Crippen molar-refractivity contribution in [2.24, 2.45) is 0 Å². The van der Waals surface area contributed by atoms with E-state index in [9.17, 15) is 4.79 Å². The van der Waals surface area contributed by atoms with E-state index in [4.69, 9.17) is 0 Å². The molecule has 1 aromatic rings. The molecule has 1 unspecified atom stereocenters. The largest absolute Gasteiger partial charge is 0.333 e. The fourth-order valence-corrected chi connectivity index (χ4v) is 2.55. The van der Waals surface area contributed by atoms with Gasteiger partial charge in [0, 0.05) is 34.8 Å². The fourth-order valence-electron chi connectivity index (χ4n) is 2.03. The van der Waals surface area contributed by atoms with Gasteiger partial charge in [-0.05, 0) is 54.1 Å². The first-order valence-electron chi connectivity index (χ1n) is 5.87. The van der Waals surface area contributed by atoms with Gasteiger partial charge in [-0.2, -0.15) is 0 Å². The Labute approximate surface area is 116 Å². The van der Waals surface area contributed by atoms with Crippen LogP contribution in [0, 0.1) is 10.5 Å². The van der Waals surface area contributed by atoms with Gasteiger partial charge in [-0.15, -0.1) is 0 Å². The molecule has 3 nitrogen and oxygen atoms in total. The second kappa shape index (κ2) is 5.35. The van der Waals surface area contributed by atoms with E-state index in [-0.39, 0.29) is 11.9 Å². The van der Waals surface area contributed by atoms with Gasteiger partial charge in [-0.1, -0.05) is 6.07 Å². The van der Waals surface area contributed by atoms with E-state index in [2.05, 4.69) is 41.8 Å². The lowest BCUT2D eigenvalue weighted by Gasteiger charge is -2.34. The molecule has 1 atom stereocenters. The van der Waals surface area contributed by atoms with Gasteiger partial charge in [0.15, 0.2) is 0 Å². The average molecular weight is 344 g/mol. The van der Waals surface area contributed by atoms with Crippen LogP contribution in [0.2, 0.25) is 0 Å². The number of nitrogens with zero attached hydrogens (tertiary/aromatic N) is 1. The molecule has 1 amide bonds. The first kappa shape index (κ1) is 12.8. The Morgan fingerprint density at radius 3 is 2.94 bits per heavy atom. The third kappa shape index (κ3) is 2.80. The number of carbonyl (C=O) groups excluding carboxylic acids is 1. The van der Waals surface area contributed by atoms with Gasteiger partial charge in [-0.3, -0.25) is 4.79 Å². The number of nitrogens with one attached hydrogen (secondary N) is 1. The summed E-state index contributed by atoms with van der Waals surface area (Å²) < 4.78 is 1.15. The molecule has 0 bridgehead atoms. The highest BCUT2D eigenvalue weighted by molar-refractivity contribution is 14.1. The molecule has 1 aliphatic heterocycles. The molecule has 1 N–H and O–H groups in total. The molecule has 0 aromatic heterocycles. The molecule has 1 heterocycles. The third-order valence-electron chi connectivity index (χ3n) is 3.18. The Hall–Kier alpha value is -0.620. The second-order valence-corrected chi connectivity index (χ2v) is 5.68. The lowest BCUT2D eigenvalue weighted by Crippen LogP contribution is -2.52. The zero-order chi connectivity index (χ0) is 12.4. The predicted octanol–water partition coefficient (Wildman–Crippen LogP) is 2.03. The van der Waals surface area contributed by atoms with Crippen LogP contribution in [0.15, 0.2) is 18.2 Å². The van der Waals surface area contributed by atoms with Crippen LogP contribution in [-0.2, 0) is 0 Å². The molecule has 0 spiro atoms. The minimum Gasteiger partial charge on any atom is -0.333 e. The van der Waals surface area contributed by atoms with Crippen molar-refractivity contribution in [3.63, 3.8) is 0 Å². The van der Waals surface area contributed by atoms with Gasteiger partial charge in [0.2, 0.25) is 0 Å². The molecular weight excluding hydrogens is 327 g/mol. The summed E-state index contributed by atoms with van der Waals surface area (Å²) in [5.41, 5.74) is 2.02. The van der Waals surface area contributed by atoms with Gasteiger partial charge in [0.05, 0.1) is 0 Å². The summed E-state index contributed by atoms with van der Waals surface area (Å²) in [6.07, 6.45) is 0. The number of amides is 1. The van der Waals surface area contributed by atoms with E-state index in [1.54, 1.807) is 0 Å². The molecule has 17 heavy (non-hydrogen) atoms. The molecule has 1 aliphatic rings. The molecule has 1 saturated heterocycles. The molecule has 0 saturated carbocycles. The van der Waals surface area contributed by atoms with Gasteiger partial charge in [-0.25, -0.2) is 0 Å². The minimum absolute atomic E-state index is 0.150. The van der Waals surface area contributed by atoms with Crippen LogP contribution in [0.1, 0.15) is 22.8 Å². The highest BCUT2D eigenvalue weighted by Gasteiger charge is 2.24. The smallest absolute Gasteiger partial charge is 0.254 e. The molecule has 1 fully saturated rings. The second-order valence-electron chi connectivity index (χ2n) is 4.52. The van der Waals surface area contributed by atoms with Gasteiger partial charge < -0.3 is 10.2 Å². The van der Waals surface area contributed by atoms with Crippen molar-refractivity contribution in [3.8, 4) is 0 Å². The number of hydrogen-bond donors (Lipinski definition) is 1. The van der Waals surface area contributed by atoms with Crippen molar-refractivity contribution in [2.75, 3.05) is 19.6 Å². The molecule has 0 aliphatic carbocycles. The number of benzene rings is 1. The van der Waals surface area contributed by atoms with E-state index >= 15 is 0 Å². The zero-order valence-corrected chi connectivity index (χ0v) is 12.3. The summed E-state index contributed by atoms with van der Waals surface area (Å²) in [5.74, 6) is 0.150. The van der Waals surface area contributed by atoms with Crippen LogP contribution in [0.5, 0.6) is 0 Å². The Morgan fingerprint density at radius 1 is 1.53 bits per heavy atom. The van der Waals surface area contributed by atoms with Gasteiger partial charge >= 0.3 is 0 Å². The summed E-state index contributed by atoms with van der Waals surface area (Å²) in [6, 6.07) is 6.19. The Balaban J connectivity index is 2.21. The van der Waals surface area contributed by atoms with Crippen molar-refractivity contribution < 1.29 is 4.79 Å². The van der Waals surface area contributed by atoms with Gasteiger partial charge in [0.1, 0.15) is 0 Å². The van der Waals surface area contributed by atoms with Crippen LogP contribution < -0.4 is 5.32 Å². The van der Waals surface area contributed by atoms with E-state index in [0.29, 0.717) is 0 Å². The number of piperazine rings is 1. The van der Waals surface area contributed by atoms with E-state index in [1.165, 1.54) is 5.56 Å². The average Bonchev–Trinajstić information content (AvgIpc) is 2.32. The third-order valence-corrected chi connectivity index (χ3v) is 4.34. The van der Waals surface area contributed by atoms with Crippen molar-refractivity contribution >= 4 is 28.5 Å². The molecule has 4 heteroatoms. The van der Waals surface area contributed by atoms with Crippen LogP contribution in [0.4, 0.5) is 0 Å². The van der Waals surface area contributed by atoms with Crippen LogP contribution in [-0.4, -0.2) is 36.5 Å².